The summed E-state index contributed by atoms with van der Waals surface area (Å²) < 4.78 is 9.33. The summed E-state index contributed by atoms with van der Waals surface area (Å²) in [5, 5.41) is 4.64. The van der Waals surface area contributed by atoms with Gasteiger partial charge in [-0.2, -0.15) is 0 Å². The normalized spacial score (nSPS) is 11.5. The molecule has 11 aromatic rings. The lowest BCUT2D eigenvalue weighted by Gasteiger charge is -2.29. The zero-order chi connectivity index (χ0) is 38.6. The number of furan rings is 1. The van der Waals surface area contributed by atoms with Crippen LogP contribution < -0.4 is 4.90 Å². The molecule has 3 heteroatoms. The van der Waals surface area contributed by atoms with E-state index in [1.165, 1.54) is 38.5 Å². The number of anilines is 3. The van der Waals surface area contributed by atoms with E-state index in [9.17, 15) is 0 Å². The van der Waals surface area contributed by atoms with Crippen LogP contribution in [0.1, 0.15) is 5.56 Å². The third kappa shape index (κ3) is 5.59. The summed E-state index contributed by atoms with van der Waals surface area (Å²) in [5.74, 6) is 0. The van der Waals surface area contributed by atoms with Gasteiger partial charge in [-0.1, -0.05) is 146 Å². The van der Waals surface area contributed by atoms with E-state index in [1.54, 1.807) is 0 Å². The average Bonchev–Trinajstić information content (AvgIpc) is 3.84. The Morgan fingerprint density at radius 2 is 1.03 bits per heavy atom. The van der Waals surface area contributed by atoms with Gasteiger partial charge in [-0.25, -0.2) is 0 Å². The van der Waals surface area contributed by atoms with Gasteiger partial charge >= 0.3 is 0 Å². The van der Waals surface area contributed by atoms with Crippen molar-refractivity contribution in [1.29, 1.82) is 0 Å². The molecule has 274 valence electrons. The summed E-state index contributed by atoms with van der Waals surface area (Å²) in [6.45, 7) is 2.16. The van der Waals surface area contributed by atoms with Gasteiger partial charge in [0.2, 0.25) is 0 Å². The van der Waals surface area contributed by atoms with Gasteiger partial charge in [0.1, 0.15) is 11.2 Å². The molecule has 3 nitrogen and oxygen atoms in total. The Morgan fingerprint density at radius 3 is 1.78 bits per heavy atom. The largest absolute Gasteiger partial charge is 0.455 e. The van der Waals surface area contributed by atoms with Gasteiger partial charge in [-0.05, 0) is 101 Å². The molecule has 0 bridgehead atoms. The van der Waals surface area contributed by atoms with E-state index in [-0.39, 0.29) is 0 Å². The van der Waals surface area contributed by atoms with Crippen molar-refractivity contribution in [3.05, 3.63) is 218 Å². The van der Waals surface area contributed by atoms with E-state index >= 15 is 0 Å². The highest BCUT2D eigenvalue weighted by atomic mass is 16.3. The lowest BCUT2D eigenvalue weighted by molar-refractivity contribution is 0.670. The van der Waals surface area contributed by atoms with Gasteiger partial charge in [0.05, 0.1) is 27.8 Å². The van der Waals surface area contributed by atoms with Crippen LogP contribution in [0.5, 0.6) is 0 Å². The van der Waals surface area contributed by atoms with E-state index < -0.39 is 0 Å². The van der Waals surface area contributed by atoms with Crippen molar-refractivity contribution in [2.45, 2.75) is 6.92 Å². The van der Waals surface area contributed by atoms with Crippen molar-refractivity contribution in [1.82, 2.24) is 4.57 Å². The standard InChI is InChI=1S/C55H38N2O/c1-37-16-14-22-42(34-37)57(51-32-30-40(38-17-4-2-5-18-38)36-48(51)39-19-6-3-7-20-39)52-33-31-44(55-54(52)47-26-10-13-29-53(47)58-55)41-21-15-23-43(35-41)56-49-27-11-8-24-45(49)46-25-9-12-28-50(46)56/h2-36H,1H3. The van der Waals surface area contributed by atoms with Crippen LogP contribution in [-0.4, -0.2) is 4.57 Å². The highest BCUT2D eigenvalue weighted by Gasteiger charge is 2.25. The number of para-hydroxylation sites is 3. The number of fused-ring (bicyclic) bond motifs is 6. The molecule has 0 saturated carbocycles. The Balaban J connectivity index is 1.16. The lowest BCUT2D eigenvalue weighted by atomic mass is 9.95. The minimum absolute atomic E-state index is 0.858. The fraction of sp³-hybridized carbons (Fsp3) is 0.0182. The highest BCUT2D eigenvalue weighted by molar-refractivity contribution is 6.17. The Kier molecular flexibility index (Phi) is 8.04. The minimum atomic E-state index is 0.858. The van der Waals surface area contributed by atoms with Crippen LogP contribution in [-0.2, 0) is 0 Å². The molecule has 2 aromatic heterocycles. The van der Waals surface area contributed by atoms with Crippen molar-refractivity contribution < 1.29 is 4.42 Å². The summed E-state index contributed by atoms with van der Waals surface area (Å²) >= 11 is 0. The molecule has 0 fully saturated rings. The molecule has 0 atom stereocenters. The minimum Gasteiger partial charge on any atom is -0.455 e. The Morgan fingerprint density at radius 1 is 0.414 bits per heavy atom. The molecular weight excluding hydrogens is 705 g/mol. The summed E-state index contributed by atoms with van der Waals surface area (Å²) in [6, 6.07) is 76.2. The first-order chi connectivity index (χ1) is 28.7. The lowest BCUT2D eigenvalue weighted by Crippen LogP contribution is -2.12. The monoisotopic (exact) mass is 742 g/mol. The average molecular weight is 743 g/mol. The topological polar surface area (TPSA) is 21.3 Å². The van der Waals surface area contributed by atoms with Gasteiger partial charge < -0.3 is 13.9 Å². The maximum absolute atomic E-state index is 6.95. The second-order valence-electron chi connectivity index (χ2n) is 15.0. The molecule has 58 heavy (non-hydrogen) atoms. The van der Waals surface area contributed by atoms with Crippen LogP contribution in [0.2, 0.25) is 0 Å². The van der Waals surface area contributed by atoms with Gasteiger partial charge in [0.15, 0.2) is 0 Å². The number of aryl methyl sites for hydroxylation is 1. The van der Waals surface area contributed by atoms with Crippen LogP contribution in [0.4, 0.5) is 17.1 Å². The molecule has 0 aliphatic rings. The molecule has 0 saturated heterocycles. The number of aromatic nitrogens is 1. The SMILES string of the molecule is Cc1cccc(N(c2ccc(-c3ccccc3)cc2-c2ccccc2)c2ccc(-c3cccc(-n4c5ccccc5c5ccccc54)c3)c3oc4ccccc4c23)c1. The number of hydrogen-bond donors (Lipinski definition) is 0. The van der Waals surface area contributed by atoms with Crippen molar-refractivity contribution in [3.8, 4) is 39.1 Å². The van der Waals surface area contributed by atoms with E-state index in [0.717, 1.165) is 66.9 Å². The Hall–Kier alpha value is -7.62. The zero-order valence-corrected chi connectivity index (χ0v) is 32.0. The fourth-order valence-corrected chi connectivity index (χ4v) is 8.80. The Bertz CT molecular complexity index is 3250. The molecular formula is C55H38N2O. The fourth-order valence-electron chi connectivity index (χ4n) is 8.80. The van der Waals surface area contributed by atoms with Gasteiger partial charge in [0, 0.05) is 38.7 Å². The van der Waals surface area contributed by atoms with Gasteiger partial charge in [0.25, 0.3) is 0 Å². The molecule has 0 N–H and O–H groups in total. The molecule has 0 aliphatic carbocycles. The van der Waals surface area contributed by atoms with Crippen LogP contribution in [0.25, 0.3) is 82.8 Å². The number of hydrogen-bond acceptors (Lipinski definition) is 2. The van der Waals surface area contributed by atoms with Crippen LogP contribution >= 0.6 is 0 Å². The van der Waals surface area contributed by atoms with Gasteiger partial charge in [-0.15, -0.1) is 0 Å². The first-order valence-electron chi connectivity index (χ1n) is 19.8. The molecule has 0 radical (unpaired) electrons. The van der Waals surface area contributed by atoms with Crippen molar-refractivity contribution in [2.75, 3.05) is 4.90 Å². The number of benzene rings is 9. The maximum Gasteiger partial charge on any atom is 0.145 e. The second kappa shape index (κ2) is 13.8. The number of rotatable bonds is 7. The summed E-state index contributed by atoms with van der Waals surface area (Å²) in [7, 11) is 0. The second-order valence-corrected chi connectivity index (χ2v) is 15.0. The molecule has 11 rings (SSSR count). The van der Waals surface area contributed by atoms with E-state index in [0.29, 0.717) is 0 Å². The first-order valence-corrected chi connectivity index (χ1v) is 19.8. The van der Waals surface area contributed by atoms with Crippen LogP contribution in [0.15, 0.2) is 217 Å². The maximum atomic E-state index is 6.95. The zero-order valence-electron chi connectivity index (χ0n) is 32.0. The van der Waals surface area contributed by atoms with E-state index in [2.05, 4.69) is 229 Å². The molecule has 0 unspecified atom stereocenters. The molecule has 2 heterocycles. The quantitative estimate of drug-likeness (QED) is 0.162. The van der Waals surface area contributed by atoms with Crippen LogP contribution in [0.3, 0.4) is 0 Å². The van der Waals surface area contributed by atoms with Crippen LogP contribution in [0, 0.1) is 6.92 Å². The van der Waals surface area contributed by atoms with Gasteiger partial charge in [-0.3, -0.25) is 0 Å². The van der Waals surface area contributed by atoms with Crippen molar-refractivity contribution >= 4 is 60.8 Å². The summed E-state index contributed by atoms with van der Waals surface area (Å²) in [5.41, 5.74) is 16.4. The highest BCUT2D eigenvalue weighted by Crippen LogP contribution is 2.49. The third-order valence-corrected chi connectivity index (χ3v) is 11.4. The van der Waals surface area contributed by atoms with E-state index in [1.807, 2.05) is 0 Å². The van der Waals surface area contributed by atoms with Crippen molar-refractivity contribution in [2.24, 2.45) is 0 Å². The Labute approximate surface area is 337 Å². The van der Waals surface area contributed by atoms with Crippen molar-refractivity contribution in [3.63, 3.8) is 0 Å². The first kappa shape index (κ1) is 33.7. The van der Waals surface area contributed by atoms with E-state index in [4.69, 9.17) is 4.42 Å². The number of nitrogens with zero attached hydrogens (tertiary/aromatic N) is 2. The molecule has 0 amide bonds. The molecule has 0 aliphatic heterocycles. The summed E-state index contributed by atoms with van der Waals surface area (Å²) in [6.07, 6.45) is 0. The predicted molar refractivity (Wildman–Crippen MR) is 244 cm³/mol. The smallest absolute Gasteiger partial charge is 0.145 e. The molecule has 0 spiro atoms. The third-order valence-electron chi connectivity index (χ3n) is 11.4. The predicted octanol–water partition coefficient (Wildman–Crippen LogP) is 15.5. The summed E-state index contributed by atoms with van der Waals surface area (Å²) in [4.78, 5) is 2.42. The molecule has 9 aromatic carbocycles.